The van der Waals surface area contributed by atoms with Gasteiger partial charge in [-0.3, -0.25) is 9.59 Å². The van der Waals surface area contributed by atoms with Crippen LogP contribution >= 0.6 is 0 Å². The van der Waals surface area contributed by atoms with Gasteiger partial charge >= 0.3 is 0 Å². The van der Waals surface area contributed by atoms with E-state index in [1.165, 1.54) is 38.5 Å². The third-order valence-electron chi connectivity index (χ3n) is 11.1. The van der Waals surface area contributed by atoms with E-state index in [9.17, 15) is 9.59 Å². The second-order valence-electron chi connectivity index (χ2n) is 13.0. The molecule has 4 nitrogen and oxygen atoms in total. The first-order chi connectivity index (χ1) is 18.3. The van der Waals surface area contributed by atoms with Gasteiger partial charge in [0.1, 0.15) is 5.57 Å². The second kappa shape index (κ2) is 9.70. The van der Waals surface area contributed by atoms with Crippen molar-refractivity contribution < 1.29 is 9.59 Å². The lowest BCUT2D eigenvalue weighted by Gasteiger charge is -2.60. The number of rotatable bonds is 5. The van der Waals surface area contributed by atoms with Gasteiger partial charge in [0.2, 0.25) is 0 Å². The van der Waals surface area contributed by atoms with Crippen LogP contribution in [0.4, 0.5) is 0 Å². The van der Waals surface area contributed by atoms with E-state index in [-0.39, 0.29) is 29.2 Å². The molecule has 6 atom stereocenters. The number of nitrogens with zero attached hydrogens (tertiary/aromatic N) is 1. The second-order valence-corrected chi connectivity index (χ2v) is 13.0. The Morgan fingerprint density at radius 1 is 0.921 bits per heavy atom. The molecule has 3 saturated carbocycles. The zero-order chi connectivity index (χ0) is 26.5. The number of hydrogen-bond acceptors (Lipinski definition) is 2. The van der Waals surface area contributed by atoms with Crippen molar-refractivity contribution in [1.29, 1.82) is 0 Å². The molecular weight excluding hydrogens is 468 g/mol. The van der Waals surface area contributed by atoms with Gasteiger partial charge in [-0.1, -0.05) is 87.0 Å². The summed E-state index contributed by atoms with van der Waals surface area (Å²) in [4.78, 5) is 29.1. The van der Waals surface area contributed by atoms with Crippen LogP contribution in [-0.4, -0.2) is 36.3 Å². The SMILES string of the molecule is CN1C(=O)C(C(=O)NCC(c2ccccc2)c2ccccc2)=C[C@@]2(C)C1CC[C@@H]1[C@H]2CC[C@]2(C)CCC[C@@H]12. The summed E-state index contributed by atoms with van der Waals surface area (Å²) in [5.41, 5.74) is 2.99. The van der Waals surface area contributed by atoms with Gasteiger partial charge in [-0.2, -0.15) is 0 Å². The summed E-state index contributed by atoms with van der Waals surface area (Å²) in [7, 11) is 1.92. The van der Waals surface area contributed by atoms with Gasteiger partial charge in [-0.15, -0.1) is 0 Å². The van der Waals surface area contributed by atoms with Crippen LogP contribution in [0.15, 0.2) is 72.3 Å². The van der Waals surface area contributed by atoms with Crippen LogP contribution in [-0.2, 0) is 9.59 Å². The molecule has 0 spiro atoms. The molecule has 2 aromatic carbocycles. The van der Waals surface area contributed by atoms with Crippen molar-refractivity contribution in [3.63, 3.8) is 0 Å². The van der Waals surface area contributed by atoms with Crippen LogP contribution in [0.3, 0.4) is 0 Å². The number of hydrogen-bond donors (Lipinski definition) is 1. The summed E-state index contributed by atoms with van der Waals surface area (Å²) in [5, 5.41) is 3.17. The summed E-state index contributed by atoms with van der Waals surface area (Å²) in [6.45, 7) is 5.32. The molecule has 38 heavy (non-hydrogen) atoms. The molecule has 0 radical (unpaired) electrons. The van der Waals surface area contributed by atoms with Gasteiger partial charge in [-0.25, -0.2) is 0 Å². The Morgan fingerprint density at radius 3 is 2.24 bits per heavy atom. The van der Waals surface area contributed by atoms with Gasteiger partial charge in [0.15, 0.2) is 0 Å². The highest BCUT2D eigenvalue weighted by atomic mass is 16.2. The standard InChI is InChI=1S/C34H42N2O2/c1-33-19-10-15-28(33)25-16-17-30-34(2,29(25)18-20-33)21-26(32(38)36(30)3)31(37)35-22-27(23-11-6-4-7-12-23)24-13-8-5-9-14-24/h4-9,11-14,21,25,27-30H,10,15-20,22H2,1-3H3,(H,35,37)/t25-,28-,29+,30?,33-,34+/m0/s1. The number of carbonyl (C=O) groups excluding carboxylic acids is 2. The molecule has 1 N–H and O–H groups in total. The quantitative estimate of drug-likeness (QED) is 0.478. The topological polar surface area (TPSA) is 49.4 Å². The van der Waals surface area contributed by atoms with E-state index < -0.39 is 0 Å². The lowest BCUT2D eigenvalue weighted by Crippen LogP contribution is -2.61. The van der Waals surface area contributed by atoms with E-state index in [0.29, 0.717) is 29.4 Å². The molecule has 1 aliphatic heterocycles. The molecule has 3 fully saturated rings. The minimum Gasteiger partial charge on any atom is -0.351 e. The van der Waals surface area contributed by atoms with Crippen molar-refractivity contribution in [2.75, 3.05) is 13.6 Å². The average molecular weight is 511 g/mol. The van der Waals surface area contributed by atoms with E-state index in [4.69, 9.17) is 0 Å². The minimum atomic E-state index is -0.234. The molecular formula is C34H42N2O2. The van der Waals surface area contributed by atoms with Crippen LogP contribution in [0.1, 0.15) is 75.8 Å². The van der Waals surface area contributed by atoms with Crippen molar-refractivity contribution >= 4 is 11.8 Å². The van der Waals surface area contributed by atoms with E-state index in [1.54, 1.807) is 0 Å². The number of carbonyl (C=O) groups is 2. The molecule has 0 bridgehead atoms. The van der Waals surface area contributed by atoms with Gasteiger partial charge in [0.25, 0.3) is 11.8 Å². The molecule has 1 unspecified atom stereocenters. The summed E-state index contributed by atoms with van der Waals surface area (Å²) in [5.74, 6) is 1.71. The highest BCUT2D eigenvalue weighted by Gasteiger charge is 2.59. The van der Waals surface area contributed by atoms with Crippen LogP contribution in [0.5, 0.6) is 0 Å². The zero-order valence-corrected chi connectivity index (χ0v) is 23.2. The van der Waals surface area contributed by atoms with Crippen molar-refractivity contribution in [2.24, 2.45) is 28.6 Å². The predicted molar refractivity (Wildman–Crippen MR) is 151 cm³/mol. The molecule has 200 valence electrons. The van der Waals surface area contributed by atoms with Crippen LogP contribution < -0.4 is 5.32 Å². The van der Waals surface area contributed by atoms with E-state index in [1.807, 2.05) is 48.3 Å². The maximum absolute atomic E-state index is 13.7. The highest BCUT2D eigenvalue weighted by Crippen LogP contribution is 2.64. The number of fused-ring (bicyclic) bond motifs is 5. The van der Waals surface area contributed by atoms with Gasteiger partial charge in [0, 0.05) is 31.0 Å². The van der Waals surface area contributed by atoms with Crippen molar-refractivity contribution in [3.8, 4) is 0 Å². The fraction of sp³-hybridized carbons (Fsp3) is 0.529. The molecule has 4 heteroatoms. The maximum atomic E-state index is 13.7. The van der Waals surface area contributed by atoms with Crippen LogP contribution in [0.2, 0.25) is 0 Å². The van der Waals surface area contributed by atoms with Gasteiger partial charge in [-0.05, 0) is 72.8 Å². The molecule has 3 aliphatic carbocycles. The van der Waals surface area contributed by atoms with E-state index >= 15 is 0 Å². The molecule has 1 heterocycles. The highest BCUT2D eigenvalue weighted by molar-refractivity contribution is 6.19. The first-order valence-electron chi connectivity index (χ1n) is 14.7. The Kier molecular flexibility index (Phi) is 6.48. The summed E-state index contributed by atoms with van der Waals surface area (Å²) in [6, 6.07) is 20.8. The first-order valence-corrected chi connectivity index (χ1v) is 14.7. The van der Waals surface area contributed by atoms with E-state index in [0.717, 1.165) is 23.5 Å². The number of likely N-dealkylation sites (N-methyl/N-ethyl adjacent to an activating group) is 1. The van der Waals surface area contributed by atoms with Crippen molar-refractivity contribution in [3.05, 3.63) is 83.4 Å². The summed E-state index contributed by atoms with van der Waals surface area (Å²) in [6.07, 6.45) is 10.9. The normalized spacial score (nSPS) is 34.3. The minimum absolute atomic E-state index is 0.0270. The Balaban J connectivity index is 1.27. The lowest BCUT2D eigenvalue weighted by molar-refractivity contribution is -0.141. The number of benzene rings is 2. The average Bonchev–Trinajstić information content (AvgIpc) is 3.34. The third-order valence-corrected chi connectivity index (χ3v) is 11.1. The maximum Gasteiger partial charge on any atom is 0.259 e. The molecule has 0 aromatic heterocycles. The smallest absolute Gasteiger partial charge is 0.259 e. The van der Waals surface area contributed by atoms with Crippen molar-refractivity contribution in [1.82, 2.24) is 10.2 Å². The van der Waals surface area contributed by atoms with Crippen molar-refractivity contribution in [2.45, 2.75) is 70.8 Å². The fourth-order valence-corrected chi connectivity index (χ4v) is 9.13. The largest absolute Gasteiger partial charge is 0.351 e. The summed E-state index contributed by atoms with van der Waals surface area (Å²) < 4.78 is 0. The Hall–Kier alpha value is -2.88. The Morgan fingerprint density at radius 2 is 1.58 bits per heavy atom. The zero-order valence-electron chi connectivity index (χ0n) is 23.2. The van der Waals surface area contributed by atoms with Gasteiger partial charge < -0.3 is 10.2 Å². The van der Waals surface area contributed by atoms with Crippen LogP contribution in [0, 0.1) is 28.6 Å². The Labute approximate surface area is 227 Å². The first kappa shape index (κ1) is 25.4. The predicted octanol–water partition coefficient (Wildman–Crippen LogP) is 6.33. The Bertz CT molecular complexity index is 1180. The summed E-state index contributed by atoms with van der Waals surface area (Å²) >= 11 is 0. The molecule has 2 amide bonds. The lowest BCUT2D eigenvalue weighted by atomic mass is 9.48. The monoisotopic (exact) mass is 510 g/mol. The van der Waals surface area contributed by atoms with Crippen LogP contribution in [0.25, 0.3) is 0 Å². The number of amides is 2. The number of nitrogens with one attached hydrogen (secondary N) is 1. The third kappa shape index (κ3) is 4.12. The fourth-order valence-electron chi connectivity index (χ4n) is 9.13. The molecule has 0 saturated heterocycles. The molecule has 4 aliphatic rings. The molecule has 6 rings (SSSR count). The molecule has 2 aromatic rings. The van der Waals surface area contributed by atoms with E-state index in [2.05, 4.69) is 49.5 Å². The van der Waals surface area contributed by atoms with Gasteiger partial charge in [0.05, 0.1) is 0 Å².